The third kappa shape index (κ3) is 6.39. The summed E-state index contributed by atoms with van der Waals surface area (Å²) in [4.78, 5) is 50.3. The molecule has 4 rings (SSSR count). The standard InChI is InChI=1S/C35H44O9/c1-19-26(44-28(39)15-14-24-12-10-9-11-13-24)16-17-35(8)29(19)31(40)25-18-27(41-21(3)36)20(2)30(34(25,6)7)32(42-22(4)37)33(35)43-23(5)38/h9-15,25-27,29,31-33,40H,1,16-18H2,2-8H3/b15-14+/t25?,26-,27-,29-,31+,32+,33-,35+/m0/s1. The van der Waals surface area contributed by atoms with Crippen molar-refractivity contribution in [1.29, 1.82) is 0 Å². The van der Waals surface area contributed by atoms with E-state index in [1.165, 1.54) is 26.8 Å². The van der Waals surface area contributed by atoms with Crippen LogP contribution < -0.4 is 0 Å². The molecule has 0 radical (unpaired) electrons. The SMILES string of the molecule is C=C1[C@@H](OC(=O)/C=C/c2ccccc2)CC[C@@]2(C)[C@@H](OC(C)=O)[C@H](OC(C)=O)C3=C(C)[C@@H](OC(C)=O)CC([C@@H](O)[C@H]12)C3(C)C. The first kappa shape index (κ1) is 33.2. The van der Waals surface area contributed by atoms with Gasteiger partial charge in [0.15, 0.2) is 6.10 Å². The van der Waals surface area contributed by atoms with E-state index in [0.29, 0.717) is 36.0 Å². The molecular formula is C35H44O9. The smallest absolute Gasteiger partial charge is 0.331 e. The van der Waals surface area contributed by atoms with E-state index in [1.807, 2.05) is 58.0 Å². The molecule has 0 aromatic heterocycles. The van der Waals surface area contributed by atoms with Gasteiger partial charge in [-0.25, -0.2) is 4.79 Å². The van der Waals surface area contributed by atoms with Crippen LogP contribution in [0, 0.1) is 22.7 Å². The monoisotopic (exact) mass is 608 g/mol. The number of hydrogen-bond donors (Lipinski definition) is 1. The van der Waals surface area contributed by atoms with Crippen LogP contribution in [0.4, 0.5) is 0 Å². The van der Waals surface area contributed by atoms with Crippen molar-refractivity contribution in [3.8, 4) is 0 Å². The number of aliphatic hydroxyl groups is 1. The Kier molecular flexibility index (Phi) is 9.59. The Hall–Kier alpha value is -3.72. The minimum absolute atomic E-state index is 0.318. The van der Waals surface area contributed by atoms with Gasteiger partial charge in [0.2, 0.25) is 0 Å². The Morgan fingerprint density at radius 3 is 2.11 bits per heavy atom. The van der Waals surface area contributed by atoms with Crippen LogP contribution in [0.3, 0.4) is 0 Å². The highest BCUT2D eigenvalue weighted by Gasteiger charge is 2.63. The first-order valence-corrected chi connectivity index (χ1v) is 15.1. The van der Waals surface area contributed by atoms with Crippen molar-refractivity contribution >= 4 is 30.0 Å². The van der Waals surface area contributed by atoms with E-state index >= 15 is 0 Å². The normalized spacial score (nSPS) is 33.0. The van der Waals surface area contributed by atoms with Gasteiger partial charge in [0.05, 0.1) is 6.10 Å². The number of benzene rings is 1. The van der Waals surface area contributed by atoms with Gasteiger partial charge in [-0.2, -0.15) is 0 Å². The fourth-order valence-electron chi connectivity index (χ4n) is 7.86. The lowest BCUT2D eigenvalue weighted by Gasteiger charge is -2.59. The summed E-state index contributed by atoms with van der Waals surface area (Å²) in [5.74, 6) is -3.38. The van der Waals surface area contributed by atoms with Gasteiger partial charge < -0.3 is 24.1 Å². The van der Waals surface area contributed by atoms with E-state index < -0.39 is 77.1 Å². The largest absolute Gasteiger partial charge is 0.458 e. The number of fused-ring (bicyclic) bond motifs is 3. The van der Waals surface area contributed by atoms with Gasteiger partial charge in [0, 0.05) is 38.2 Å². The molecule has 1 aromatic carbocycles. The first-order valence-electron chi connectivity index (χ1n) is 15.1. The van der Waals surface area contributed by atoms with Crippen molar-refractivity contribution in [3.63, 3.8) is 0 Å². The van der Waals surface area contributed by atoms with Crippen LogP contribution in [-0.2, 0) is 38.1 Å². The summed E-state index contributed by atoms with van der Waals surface area (Å²) < 4.78 is 23.7. The molecular weight excluding hydrogens is 564 g/mol. The fraction of sp³-hybridized carbons (Fsp3) is 0.543. The van der Waals surface area contributed by atoms with Gasteiger partial charge in [-0.05, 0) is 65.9 Å². The van der Waals surface area contributed by atoms with E-state index in [9.17, 15) is 24.3 Å². The van der Waals surface area contributed by atoms with Gasteiger partial charge in [-0.1, -0.05) is 57.7 Å². The lowest BCUT2D eigenvalue weighted by atomic mass is 9.49. The predicted molar refractivity (Wildman–Crippen MR) is 163 cm³/mol. The van der Waals surface area contributed by atoms with Crippen LogP contribution in [0.25, 0.3) is 6.08 Å². The second-order valence-corrected chi connectivity index (χ2v) is 13.1. The molecule has 3 aliphatic rings. The fourth-order valence-corrected chi connectivity index (χ4v) is 7.86. The summed E-state index contributed by atoms with van der Waals surface area (Å²) in [6.07, 6.45) is -0.427. The number of carbonyl (C=O) groups excluding carboxylic acids is 4. The van der Waals surface area contributed by atoms with E-state index in [4.69, 9.17) is 18.9 Å². The Balaban J connectivity index is 1.81. The zero-order valence-corrected chi connectivity index (χ0v) is 26.6. The number of carbonyl (C=O) groups is 4. The quantitative estimate of drug-likeness (QED) is 0.203. The van der Waals surface area contributed by atoms with Crippen LogP contribution >= 0.6 is 0 Å². The zero-order valence-electron chi connectivity index (χ0n) is 26.6. The number of rotatable bonds is 6. The maximum absolute atomic E-state index is 12.9. The molecule has 0 spiro atoms. The molecule has 2 fully saturated rings. The van der Waals surface area contributed by atoms with Gasteiger partial charge in [0.25, 0.3) is 0 Å². The third-order valence-electron chi connectivity index (χ3n) is 9.79. The highest BCUT2D eigenvalue weighted by atomic mass is 16.6. The van der Waals surface area contributed by atoms with Crippen LogP contribution in [0.5, 0.6) is 0 Å². The molecule has 8 atom stereocenters. The second-order valence-electron chi connectivity index (χ2n) is 13.1. The van der Waals surface area contributed by atoms with Crippen molar-refractivity contribution in [2.75, 3.05) is 0 Å². The number of esters is 4. The van der Waals surface area contributed by atoms with Crippen molar-refractivity contribution < 1.29 is 43.2 Å². The summed E-state index contributed by atoms with van der Waals surface area (Å²) in [6, 6.07) is 9.36. The van der Waals surface area contributed by atoms with Crippen LogP contribution in [0.1, 0.15) is 73.3 Å². The average Bonchev–Trinajstić information content (AvgIpc) is 2.92. The molecule has 1 aromatic rings. The summed E-state index contributed by atoms with van der Waals surface area (Å²) in [5.41, 5.74) is 0.955. The van der Waals surface area contributed by atoms with Crippen molar-refractivity contribution in [2.45, 2.75) is 98.2 Å². The number of aliphatic hydroxyl groups excluding tert-OH is 1. The molecule has 0 amide bonds. The Labute approximate surface area is 259 Å². The zero-order chi connectivity index (χ0) is 32.6. The Morgan fingerprint density at radius 2 is 1.52 bits per heavy atom. The minimum Gasteiger partial charge on any atom is -0.458 e. The maximum atomic E-state index is 12.9. The maximum Gasteiger partial charge on any atom is 0.331 e. The highest BCUT2D eigenvalue weighted by molar-refractivity contribution is 5.87. The molecule has 238 valence electrons. The second kappa shape index (κ2) is 12.7. The average molecular weight is 609 g/mol. The summed E-state index contributed by atoms with van der Waals surface area (Å²) in [5, 5.41) is 12.3. The molecule has 0 saturated heterocycles. The Bertz CT molecular complexity index is 1370. The van der Waals surface area contributed by atoms with Crippen LogP contribution in [0.2, 0.25) is 0 Å². The van der Waals surface area contributed by atoms with Gasteiger partial charge in [-0.3, -0.25) is 14.4 Å². The number of hydrogen-bond acceptors (Lipinski definition) is 9. The molecule has 1 unspecified atom stereocenters. The lowest BCUT2D eigenvalue weighted by molar-refractivity contribution is -0.198. The van der Waals surface area contributed by atoms with Gasteiger partial charge in [0.1, 0.15) is 18.3 Å². The molecule has 9 heteroatoms. The van der Waals surface area contributed by atoms with E-state index in [-0.39, 0.29) is 0 Å². The highest BCUT2D eigenvalue weighted by Crippen LogP contribution is 2.60. The summed E-state index contributed by atoms with van der Waals surface area (Å²) in [7, 11) is 0. The molecule has 0 aliphatic heterocycles. The van der Waals surface area contributed by atoms with Crippen molar-refractivity contribution in [1.82, 2.24) is 0 Å². The minimum atomic E-state index is -1.05. The molecule has 9 nitrogen and oxygen atoms in total. The van der Waals surface area contributed by atoms with Crippen LogP contribution in [0.15, 0.2) is 59.7 Å². The van der Waals surface area contributed by atoms with E-state index in [0.717, 1.165) is 5.56 Å². The molecule has 1 N–H and O–H groups in total. The summed E-state index contributed by atoms with van der Waals surface area (Å²) >= 11 is 0. The van der Waals surface area contributed by atoms with Crippen molar-refractivity contribution in [3.05, 3.63) is 65.3 Å². The molecule has 3 aliphatic carbocycles. The number of ether oxygens (including phenoxy) is 4. The van der Waals surface area contributed by atoms with Crippen LogP contribution in [-0.4, -0.2) is 59.5 Å². The first-order chi connectivity index (χ1) is 20.6. The Morgan fingerprint density at radius 1 is 0.909 bits per heavy atom. The van der Waals surface area contributed by atoms with Gasteiger partial charge >= 0.3 is 23.9 Å². The molecule has 44 heavy (non-hydrogen) atoms. The predicted octanol–water partition coefficient (Wildman–Crippen LogP) is 5.12. The van der Waals surface area contributed by atoms with E-state index in [2.05, 4.69) is 6.58 Å². The van der Waals surface area contributed by atoms with Crippen molar-refractivity contribution in [2.24, 2.45) is 22.7 Å². The third-order valence-corrected chi connectivity index (χ3v) is 9.79. The van der Waals surface area contributed by atoms with Gasteiger partial charge in [-0.15, -0.1) is 0 Å². The summed E-state index contributed by atoms with van der Waals surface area (Å²) in [6.45, 7) is 15.9. The molecule has 2 bridgehead atoms. The molecule has 0 heterocycles. The topological polar surface area (TPSA) is 125 Å². The molecule has 2 saturated carbocycles. The van der Waals surface area contributed by atoms with E-state index in [1.54, 1.807) is 6.08 Å². The lowest BCUT2D eigenvalue weighted by Crippen LogP contribution is -2.63.